The molecule has 0 aromatic carbocycles. The summed E-state index contributed by atoms with van der Waals surface area (Å²) in [5.74, 6) is -4.26. The molecular weight excluding hydrogens is 400 g/mol. The molecule has 0 saturated carbocycles. The van der Waals surface area contributed by atoms with Crippen LogP contribution in [0.1, 0.15) is 32.6 Å². The summed E-state index contributed by atoms with van der Waals surface area (Å²) in [7, 11) is 0. The Morgan fingerprint density at radius 2 is 1.60 bits per heavy atom. The van der Waals surface area contributed by atoms with Crippen molar-refractivity contribution in [3.05, 3.63) is 0 Å². The molecule has 0 aliphatic rings. The molecule has 0 aromatic rings. The van der Waals surface area contributed by atoms with E-state index >= 15 is 0 Å². The fourth-order valence-corrected chi connectivity index (χ4v) is 2.16. The number of carbonyl (C=O) groups is 5. The van der Waals surface area contributed by atoms with E-state index in [2.05, 4.69) is 20.9 Å². The van der Waals surface area contributed by atoms with Crippen LogP contribution in [0.3, 0.4) is 0 Å². The lowest BCUT2D eigenvalue weighted by Gasteiger charge is -2.21. The van der Waals surface area contributed by atoms with Crippen molar-refractivity contribution in [3.8, 4) is 0 Å². The Labute approximate surface area is 173 Å². The fourth-order valence-electron chi connectivity index (χ4n) is 2.16. The molecule has 3 unspecified atom stereocenters. The van der Waals surface area contributed by atoms with Gasteiger partial charge in [-0.3, -0.25) is 24.2 Å². The summed E-state index contributed by atoms with van der Waals surface area (Å²) in [5, 5.41) is 16.2. The second-order valence-corrected chi connectivity index (χ2v) is 6.48. The van der Waals surface area contributed by atoms with Gasteiger partial charge in [-0.25, -0.2) is 4.79 Å². The van der Waals surface area contributed by atoms with Gasteiger partial charge < -0.3 is 44.0 Å². The molecule has 0 bridgehead atoms. The van der Waals surface area contributed by atoms with Gasteiger partial charge in [0.2, 0.25) is 23.6 Å². The Kier molecular flexibility index (Phi) is 12.1. The monoisotopic (exact) mass is 430 g/mol. The van der Waals surface area contributed by atoms with Crippen LogP contribution in [-0.4, -0.2) is 71.9 Å². The zero-order chi connectivity index (χ0) is 23.3. The SMILES string of the molecule is CC(N)C(=O)NCC(=O)NC(CCCN=C(N)N)C(=O)NC(CCC(N)=O)C(=O)O. The highest BCUT2D eigenvalue weighted by Gasteiger charge is 2.26. The Morgan fingerprint density at radius 3 is 2.10 bits per heavy atom. The second-order valence-electron chi connectivity index (χ2n) is 6.48. The van der Waals surface area contributed by atoms with Crippen LogP contribution in [0.15, 0.2) is 4.99 Å². The molecule has 0 heterocycles. The quantitative estimate of drug-likeness (QED) is 0.0753. The normalized spacial score (nSPS) is 13.3. The standard InChI is InChI=1S/C16H30N8O6/c1-8(17)13(27)22-7-12(26)23-9(3-2-6-21-16(19)20)14(28)24-10(15(29)30)4-5-11(18)25/h8-10H,2-7,17H2,1H3,(H2,18,25)(H,22,27)(H,23,26)(H,24,28)(H,29,30)(H4,19,20,21). The fraction of sp³-hybridized carbons (Fsp3) is 0.625. The third-order valence-corrected chi connectivity index (χ3v) is 3.73. The Morgan fingerprint density at radius 1 is 0.967 bits per heavy atom. The number of nitrogens with one attached hydrogen (secondary N) is 3. The molecule has 0 fully saturated rings. The number of carbonyl (C=O) groups excluding carboxylic acids is 4. The van der Waals surface area contributed by atoms with E-state index in [1.165, 1.54) is 6.92 Å². The Hall–Kier alpha value is -3.42. The van der Waals surface area contributed by atoms with Crippen LogP contribution in [0.25, 0.3) is 0 Å². The van der Waals surface area contributed by atoms with Crippen molar-refractivity contribution in [1.82, 2.24) is 16.0 Å². The van der Waals surface area contributed by atoms with E-state index in [4.69, 9.17) is 22.9 Å². The lowest BCUT2D eigenvalue weighted by atomic mass is 10.1. The number of primary amides is 1. The van der Waals surface area contributed by atoms with Crippen molar-refractivity contribution < 1.29 is 29.1 Å². The maximum absolute atomic E-state index is 12.5. The van der Waals surface area contributed by atoms with Gasteiger partial charge >= 0.3 is 5.97 Å². The first-order valence-electron chi connectivity index (χ1n) is 9.13. The number of carboxylic acid groups (broad SMARTS) is 1. The summed E-state index contributed by atoms with van der Waals surface area (Å²) in [6.45, 7) is 1.18. The molecular formula is C16H30N8O6. The first kappa shape index (κ1) is 26.6. The lowest BCUT2D eigenvalue weighted by molar-refractivity contribution is -0.142. The number of rotatable bonds is 14. The molecule has 0 aliphatic carbocycles. The van der Waals surface area contributed by atoms with Gasteiger partial charge in [-0.2, -0.15) is 0 Å². The Bertz CT molecular complexity index is 662. The minimum Gasteiger partial charge on any atom is -0.480 e. The number of aliphatic imine (C=N–C) groups is 1. The second kappa shape index (κ2) is 13.7. The first-order chi connectivity index (χ1) is 13.9. The van der Waals surface area contributed by atoms with Gasteiger partial charge in [0.15, 0.2) is 5.96 Å². The molecule has 3 atom stereocenters. The number of carboxylic acids is 1. The summed E-state index contributed by atoms with van der Waals surface area (Å²) in [5.41, 5.74) is 20.8. The molecule has 4 amide bonds. The summed E-state index contributed by atoms with van der Waals surface area (Å²) in [6.07, 6.45) is -0.0865. The van der Waals surface area contributed by atoms with E-state index in [0.29, 0.717) is 6.42 Å². The van der Waals surface area contributed by atoms with Gasteiger partial charge in [-0.15, -0.1) is 0 Å². The van der Waals surface area contributed by atoms with Gasteiger partial charge in [0.1, 0.15) is 12.1 Å². The molecule has 12 N–H and O–H groups in total. The van der Waals surface area contributed by atoms with Gasteiger partial charge in [0.05, 0.1) is 12.6 Å². The number of hydrogen-bond acceptors (Lipinski definition) is 7. The maximum atomic E-state index is 12.5. The summed E-state index contributed by atoms with van der Waals surface area (Å²) < 4.78 is 0. The van der Waals surface area contributed by atoms with Crippen LogP contribution in [0, 0.1) is 0 Å². The van der Waals surface area contributed by atoms with E-state index in [-0.39, 0.29) is 31.8 Å². The molecule has 0 rings (SSSR count). The molecule has 0 radical (unpaired) electrons. The highest BCUT2D eigenvalue weighted by atomic mass is 16.4. The molecule has 14 nitrogen and oxygen atoms in total. The van der Waals surface area contributed by atoms with Gasteiger partial charge in [0, 0.05) is 13.0 Å². The molecule has 14 heteroatoms. The van der Waals surface area contributed by atoms with E-state index in [1.54, 1.807) is 0 Å². The molecule has 170 valence electrons. The van der Waals surface area contributed by atoms with Crippen LogP contribution >= 0.6 is 0 Å². The molecule has 0 spiro atoms. The minimum atomic E-state index is -1.38. The Balaban J connectivity index is 5.05. The molecule has 0 aromatic heterocycles. The van der Waals surface area contributed by atoms with Crippen molar-refractivity contribution in [2.75, 3.05) is 13.1 Å². The zero-order valence-electron chi connectivity index (χ0n) is 16.7. The summed E-state index contributed by atoms with van der Waals surface area (Å²) >= 11 is 0. The number of nitrogens with two attached hydrogens (primary N) is 4. The summed E-state index contributed by atoms with van der Waals surface area (Å²) in [4.78, 5) is 62.0. The highest BCUT2D eigenvalue weighted by molar-refractivity contribution is 5.92. The minimum absolute atomic E-state index is 0.0811. The van der Waals surface area contributed by atoms with Crippen molar-refractivity contribution in [2.24, 2.45) is 27.9 Å². The van der Waals surface area contributed by atoms with E-state index in [9.17, 15) is 29.1 Å². The smallest absolute Gasteiger partial charge is 0.326 e. The van der Waals surface area contributed by atoms with Crippen LogP contribution in [0.5, 0.6) is 0 Å². The van der Waals surface area contributed by atoms with Crippen LogP contribution in [-0.2, 0) is 24.0 Å². The van der Waals surface area contributed by atoms with E-state index < -0.39 is 54.3 Å². The third kappa shape index (κ3) is 12.1. The van der Waals surface area contributed by atoms with Crippen LogP contribution in [0.4, 0.5) is 0 Å². The lowest BCUT2D eigenvalue weighted by Crippen LogP contribution is -2.53. The maximum Gasteiger partial charge on any atom is 0.326 e. The number of amides is 4. The molecule has 0 aliphatic heterocycles. The summed E-state index contributed by atoms with van der Waals surface area (Å²) in [6, 6.07) is -3.33. The first-order valence-corrected chi connectivity index (χ1v) is 9.13. The topological polar surface area (TPSA) is 258 Å². The van der Waals surface area contributed by atoms with Crippen molar-refractivity contribution in [3.63, 3.8) is 0 Å². The van der Waals surface area contributed by atoms with Crippen molar-refractivity contribution in [2.45, 2.75) is 50.7 Å². The van der Waals surface area contributed by atoms with Crippen molar-refractivity contribution in [1.29, 1.82) is 0 Å². The van der Waals surface area contributed by atoms with Crippen molar-refractivity contribution >= 4 is 35.6 Å². The number of guanidine groups is 1. The molecule has 30 heavy (non-hydrogen) atoms. The zero-order valence-corrected chi connectivity index (χ0v) is 16.7. The van der Waals surface area contributed by atoms with E-state index in [0.717, 1.165) is 0 Å². The molecule has 0 saturated heterocycles. The average molecular weight is 430 g/mol. The highest BCUT2D eigenvalue weighted by Crippen LogP contribution is 2.03. The van der Waals surface area contributed by atoms with Gasteiger partial charge in [0.25, 0.3) is 0 Å². The number of nitrogens with zero attached hydrogens (tertiary/aromatic N) is 1. The number of hydrogen-bond donors (Lipinski definition) is 8. The average Bonchev–Trinajstić information content (AvgIpc) is 2.64. The van der Waals surface area contributed by atoms with E-state index in [1.807, 2.05) is 0 Å². The third-order valence-electron chi connectivity index (χ3n) is 3.73. The van der Waals surface area contributed by atoms with Crippen LogP contribution < -0.4 is 38.9 Å². The predicted octanol–water partition coefficient (Wildman–Crippen LogP) is -4.18. The van der Waals surface area contributed by atoms with Gasteiger partial charge in [-0.1, -0.05) is 0 Å². The largest absolute Gasteiger partial charge is 0.480 e. The van der Waals surface area contributed by atoms with Crippen LogP contribution in [0.2, 0.25) is 0 Å². The number of aliphatic carboxylic acids is 1. The van der Waals surface area contributed by atoms with Gasteiger partial charge in [-0.05, 0) is 26.2 Å². The predicted molar refractivity (Wildman–Crippen MR) is 106 cm³/mol.